The van der Waals surface area contributed by atoms with Crippen LogP contribution in [0.2, 0.25) is 0 Å². The zero-order valence-corrected chi connectivity index (χ0v) is 17.5. The van der Waals surface area contributed by atoms with Gasteiger partial charge in [0, 0.05) is 28.9 Å². The molecule has 8 heteroatoms. The fourth-order valence-electron chi connectivity index (χ4n) is 2.96. The first-order valence-electron chi connectivity index (χ1n) is 9.78. The summed E-state index contributed by atoms with van der Waals surface area (Å²) in [5, 5.41) is 5.36. The number of halogens is 2. The van der Waals surface area contributed by atoms with Gasteiger partial charge in [0.25, 0.3) is 11.8 Å². The Hall–Kier alpha value is -3.94. The van der Waals surface area contributed by atoms with Gasteiger partial charge in [0.15, 0.2) is 6.61 Å². The van der Waals surface area contributed by atoms with E-state index in [-0.39, 0.29) is 18.1 Å². The largest absolute Gasteiger partial charge is 0.497 e. The van der Waals surface area contributed by atoms with E-state index in [4.69, 9.17) is 9.47 Å². The third kappa shape index (κ3) is 6.04. The van der Waals surface area contributed by atoms with Gasteiger partial charge >= 0.3 is 0 Å². The molecule has 2 amide bonds. The summed E-state index contributed by atoms with van der Waals surface area (Å²) in [5.41, 5.74) is 1.09. The van der Waals surface area contributed by atoms with Gasteiger partial charge in [0.2, 0.25) is 0 Å². The monoisotopic (exact) mass is 440 g/mol. The maximum absolute atomic E-state index is 13.9. The number of carbonyl (C=O) groups excluding carboxylic acids is 2. The van der Waals surface area contributed by atoms with Crippen LogP contribution < -0.4 is 20.1 Å². The average Bonchev–Trinajstić information content (AvgIpc) is 2.78. The minimum absolute atomic E-state index is 0.182. The Labute approximate surface area is 184 Å². The lowest BCUT2D eigenvalue weighted by atomic mass is 10.1. The smallest absolute Gasteiger partial charge is 0.262 e. The molecule has 166 valence electrons. The van der Waals surface area contributed by atoms with Crippen LogP contribution in [0.15, 0.2) is 66.7 Å². The second kappa shape index (κ2) is 10.4. The number of ether oxygens (including phenoxy) is 2. The summed E-state index contributed by atoms with van der Waals surface area (Å²) < 4.78 is 37.5. The second-order valence-corrected chi connectivity index (χ2v) is 6.95. The van der Waals surface area contributed by atoms with Gasteiger partial charge in [-0.2, -0.15) is 0 Å². The molecule has 0 aromatic heterocycles. The highest BCUT2D eigenvalue weighted by molar-refractivity contribution is 5.94. The van der Waals surface area contributed by atoms with Crippen LogP contribution in [0.3, 0.4) is 0 Å². The summed E-state index contributed by atoms with van der Waals surface area (Å²) in [6.07, 6.45) is 0. The molecule has 0 radical (unpaired) electrons. The Morgan fingerprint density at radius 1 is 0.969 bits per heavy atom. The predicted molar refractivity (Wildman–Crippen MR) is 116 cm³/mol. The summed E-state index contributed by atoms with van der Waals surface area (Å²) in [4.78, 5) is 24.5. The van der Waals surface area contributed by atoms with E-state index in [9.17, 15) is 18.4 Å². The number of hydrogen-bond acceptors (Lipinski definition) is 4. The Morgan fingerprint density at radius 3 is 2.41 bits per heavy atom. The van der Waals surface area contributed by atoms with Crippen molar-refractivity contribution in [3.05, 3.63) is 89.5 Å². The van der Waals surface area contributed by atoms with Crippen molar-refractivity contribution in [1.82, 2.24) is 5.32 Å². The summed E-state index contributed by atoms with van der Waals surface area (Å²) >= 11 is 0. The highest BCUT2D eigenvalue weighted by atomic mass is 19.1. The predicted octanol–water partition coefficient (Wildman–Crippen LogP) is 4.48. The van der Waals surface area contributed by atoms with Crippen molar-refractivity contribution in [2.24, 2.45) is 0 Å². The van der Waals surface area contributed by atoms with Gasteiger partial charge < -0.3 is 20.1 Å². The highest BCUT2D eigenvalue weighted by Gasteiger charge is 2.15. The molecule has 0 aliphatic carbocycles. The molecule has 3 aromatic rings. The maximum atomic E-state index is 13.9. The molecule has 0 bridgehead atoms. The van der Waals surface area contributed by atoms with Crippen LogP contribution in [0, 0.1) is 11.6 Å². The van der Waals surface area contributed by atoms with Gasteiger partial charge in [-0.1, -0.05) is 12.1 Å². The van der Waals surface area contributed by atoms with Crippen molar-refractivity contribution in [1.29, 1.82) is 0 Å². The molecular formula is C24H22F2N2O4. The Bertz CT molecular complexity index is 1100. The first kappa shape index (κ1) is 22.7. The van der Waals surface area contributed by atoms with Gasteiger partial charge in [-0.05, 0) is 49.4 Å². The fraction of sp³-hybridized carbons (Fsp3) is 0.167. The van der Waals surface area contributed by atoms with Gasteiger partial charge in [0.1, 0.15) is 23.1 Å². The molecule has 0 saturated carbocycles. The number of rotatable bonds is 8. The third-order valence-electron chi connectivity index (χ3n) is 4.62. The molecule has 0 spiro atoms. The molecular weight excluding hydrogens is 418 g/mol. The van der Waals surface area contributed by atoms with Crippen LogP contribution in [0.1, 0.15) is 28.9 Å². The second-order valence-electron chi connectivity index (χ2n) is 6.95. The van der Waals surface area contributed by atoms with Crippen molar-refractivity contribution in [2.45, 2.75) is 13.0 Å². The number of carbonyl (C=O) groups is 2. The quantitative estimate of drug-likeness (QED) is 0.542. The summed E-state index contributed by atoms with van der Waals surface area (Å²) in [6.45, 7) is 1.39. The molecule has 0 aliphatic heterocycles. The van der Waals surface area contributed by atoms with Gasteiger partial charge in [-0.15, -0.1) is 0 Å². The Balaban J connectivity index is 1.52. The van der Waals surface area contributed by atoms with Crippen LogP contribution in [-0.2, 0) is 4.79 Å². The summed E-state index contributed by atoms with van der Waals surface area (Å²) in [5.74, 6) is -1.17. The summed E-state index contributed by atoms with van der Waals surface area (Å²) in [7, 11) is 1.54. The van der Waals surface area contributed by atoms with Crippen molar-refractivity contribution < 1.29 is 27.8 Å². The molecule has 3 rings (SSSR count). The molecule has 32 heavy (non-hydrogen) atoms. The number of benzene rings is 3. The van der Waals surface area contributed by atoms with Crippen LogP contribution >= 0.6 is 0 Å². The van der Waals surface area contributed by atoms with E-state index in [1.54, 1.807) is 43.3 Å². The van der Waals surface area contributed by atoms with E-state index in [1.165, 1.54) is 25.3 Å². The van der Waals surface area contributed by atoms with Crippen LogP contribution in [0.4, 0.5) is 14.5 Å². The summed E-state index contributed by atoms with van der Waals surface area (Å²) in [6, 6.07) is 15.6. The van der Waals surface area contributed by atoms with Crippen molar-refractivity contribution >= 4 is 17.5 Å². The molecule has 0 saturated heterocycles. The Kier molecular flexibility index (Phi) is 7.38. The fourth-order valence-corrected chi connectivity index (χ4v) is 2.96. The molecule has 1 unspecified atom stereocenters. The number of methoxy groups -OCH3 is 1. The average molecular weight is 440 g/mol. The number of amides is 2. The van der Waals surface area contributed by atoms with E-state index in [2.05, 4.69) is 10.6 Å². The normalized spacial score (nSPS) is 11.4. The van der Waals surface area contributed by atoms with E-state index in [0.29, 0.717) is 22.7 Å². The van der Waals surface area contributed by atoms with Gasteiger partial charge in [0.05, 0.1) is 13.2 Å². The van der Waals surface area contributed by atoms with Crippen LogP contribution in [-0.4, -0.2) is 25.5 Å². The number of hydrogen-bond donors (Lipinski definition) is 2. The third-order valence-corrected chi connectivity index (χ3v) is 4.62. The van der Waals surface area contributed by atoms with E-state index >= 15 is 0 Å². The number of anilines is 1. The molecule has 1 atom stereocenters. The molecule has 0 aliphatic rings. The molecule has 0 heterocycles. The highest BCUT2D eigenvalue weighted by Crippen LogP contribution is 2.20. The molecule has 6 nitrogen and oxygen atoms in total. The SMILES string of the molecule is COc1cccc(NC(=O)COc2ccc(C(=O)NC(C)c3ccc(F)cc3F)cc2)c1. The lowest BCUT2D eigenvalue weighted by Crippen LogP contribution is -2.27. The van der Waals surface area contributed by atoms with Gasteiger partial charge in [-0.3, -0.25) is 9.59 Å². The lowest BCUT2D eigenvalue weighted by Gasteiger charge is -2.15. The molecule has 2 N–H and O–H groups in total. The van der Waals surface area contributed by atoms with Crippen molar-refractivity contribution in [3.8, 4) is 11.5 Å². The van der Waals surface area contributed by atoms with E-state index in [0.717, 1.165) is 12.1 Å². The van der Waals surface area contributed by atoms with Gasteiger partial charge in [-0.25, -0.2) is 8.78 Å². The van der Waals surface area contributed by atoms with E-state index in [1.807, 2.05) is 0 Å². The minimum atomic E-state index is -0.728. The zero-order chi connectivity index (χ0) is 23.1. The maximum Gasteiger partial charge on any atom is 0.262 e. The van der Waals surface area contributed by atoms with Crippen molar-refractivity contribution in [3.63, 3.8) is 0 Å². The standard InChI is InChI=1S/C24H22F2N2O4/c1-15(21-11-8-17(25)12-22(21)26)27-24(30)16-6-9-19(10-7-16)32-14-23(29)28-18-4-3-5-20(13-18)31-2/h3-13,15H,14H2,1-2H3,(H,27,30)(H,28,29). The lowest BCUT2D eigenvalue weighted by molar-refractivity contribution is -0.118. The molecule has 0 fully saturated rings. The van der Waals surface area contributed by atoms with Crippen LogP contribution in [0.5, 0.6) is 11.5 Å². The minimum Gasteiger partial charge on any atom is -0.497 e. The number of nitrogens with one attached hydrogen (secondary N) is 2. The Morgan fingerprint density at radius 2 is 1.72 bits per heavy atom. The first-order chi connectivity index (χ1) is 15.4. The zero-order valence-electron chi connectivity index (χ0n) is 17.5. The molecule has 3 aromatic carbocycles. The topological polar surface area (TPSA) is 76.7 Å². The first-order valence-corrected chi connectivity index (χ1v) is 9.78. The van der Waals surface area contributed by atoms with Crippen LogP contribution in [0.25, 0.3) is 0 Å². The van der Waals surface area contributed by atoms with E-state index < -0.39 is 23.6 Å². The van der Waals surface area contributed by atoms with Crippen molar-refractivity contribution in [2.75, 3.05) is 19.0 Å².